The molecule has 0 unspecified atom stereocenters. The molecule has 25 heavy (non-hydrogen) atoms. The van der Waals surface area contributed by atoms with E-state index in [4.69, 9.17) is 4.52 Å². The van der Waals surface area contributed by atoms with Gasteiger partial charge in [-0.3, -0.25) is 4.68 Å². The molecule has 0 spiro atoms. The van der Waals surface area contributed by atoms with Gasteiger partial charge in [0, 0.05) is 20.1 Å². The van der Waals surface area contributed by atoms with E-state index in [9.17, 15) is 8.42 Å². The molecule has 1 aliphatic heterocycles. The minimum absolute atomic E-state index is 0.184. The molecule has 9 heteroatoms. The summed E-state index contributed by atoms with van der Waals surface area (Å²) < 4.78 is 34.8. The molecule has 8 nitrogen and oxygen atoms in total. The number of sulfonamides is 1. The highest BCUT2D eigenvalue weighted by molar-refractivity contribution is 7.89. The van der Waals surface area contributed by atoms with Crippen molar-refractivity contribution in [2.24, 2.45) is 7.05 Å². The standard InChI is InChI=1S/C16H25N5O3S/c1-11-16(12(2)24-18-11)25(22,23)21-8-6-7-15(21)14-9-13(10-19(3)4)20(5)17-14/h9,15H,6-8,10H2,1-5H3/t15-/m1/s1. The summed E-state index contributed by atoms with van der Waals surface area (Å²) in [7, 11) is 2.22. The van der Waals surface area contributed by atoms with Crippen molar-refractivity contribution in [3.8, 4) is 0 Å². The van der Waals surface area contributed by atoms with Crippen molar-refractivity contribution in [3.63, 3.8) is 0 Å². The molecule has 1 atom stereocenters. The van der Waals surface area contributed by atoms with Crippen LogP contribution in [0, 0.1) is 13.8 Å². The maximum atomic E-state index is 13.2. The first kappa shape index (κ1) is 18.1. The van der Waals surface area contributed by atoms with Gasteiger partial charge in [0.05, 0.1) is 17.4 Å². The van der Waals surface area contributed by atoms with Crippen LogP contribution in [-0.4, -0.2) is 53.2 Å². The number of nitrogens with zero attached hydrogens (tertiary/aromatic N) is 5. The summed E-state index contributed by atoms with van der Waals surface area (Å²) in [6.07, 6.45) is 1.58. The van der Waals surface area contributed by atoms with Gasteiger partial charge in [0.15, 0.2) is 5.76 Å². The molecule has 2 aromatic heterocycles. The zero-order chi connectivity index (χ0) is 18.4. The number of rotatable bonds is 5. The average Bonchev–Trinajstić information content (AvgIpc) is 3.19. The number of aromatic nitrogens is 3. The Morgan fingerprint density at radius 2 is 2.08 bits per heavy atom. The predicted octanol–water partition coefficient (Wildman–Crippen LogP) is 1.61. The second kappa shape index (κ2) is 6.54. The Bertz CT molecular complexity index is 849. The predicted molar refractivity (Wildman–Crippen MR) is 92.4 cm³/mol. The molecule has 0 N–H and O–H groups in total. The van der Waals surface area contributed by atoms with E-state index in [0.717, 1.165) is 30.8 Å². The molecule has 0 bridgehead atoms. The Kier molecular flexibility index (Phi) is 4.74. The van der Waals surface area contributed by atoms with Crippen molar-refractivity contribution in [1.29, 1.82) is 0 Å². The summed E-state index contributed by atoms with van der Waals surface area (Å²) in [6, 6.07) is 1.76. The highest BCUT2D eigenvalue weighted by Crippen LogP contribution is 2.37. The lowest BCUT2D eigenvalue weighted by molar-refractivity contribution is 0.379. The van der Waals surface area contributed by atoms with E-state index in [-0.39, 0.29) is 10.9 Å². The normalized spacial score (nSPS) is 19.2. The first-order valence-corrected chi connectivity index (χ1v) is 9.78. The second-order valence-electron chi connectivity index (χ2n) is 6.85. The molecule has 0 radical (unpaired) electrons. The highest BCUT2D eigenvalue weighted by atomic mass is 32.2. The zero-order valence-corrected chi connectivity index (χ0v) is 16.2. The third-order valence-corrected chi connectivity index (χ3v) is 6.71. The Balaban J connectivity index is 1.96. The van der Waals surface area contributed by atoms with Crippen LogP contribution in [0.15, 0.2) is 15.5 Å². The second-order valence-corrected chi connectivity index (χ2v) is 8.68. The number of hydrogen-bond acceptors (Lipinski definition) is 6. The SMILES string of the molecule is Cc1noc(C)c1S(=O)(=O)N1CCC[C@@H]1c1cc(CN(C)C)n(C)n1. The van der Waals surface area contributed by atoms with E-state index >= 15 is 0 Å². The van der Waals surface area contributed by atoms with Gasteiger partial charge < -0.3 is 9.42 Å². The van der Waals surface area contributed by atoms with E-state index in [1.165, 1.54) is 0 Å². The molecule has 2 aromatic rings. The summed E-state index contributed by atoms with van der Waals surface area (Å²) in [4.78, 5) is 2.25. The van der Waals surface area contributed by atoms with Gasteiger partial charge in [-0.2, -0.15) is 9.40 Å². The van der Waals surface area contributed by atoms with Crippen LogP contribution < -0.4 is 0 Å². The van der Waals surface area contributed by atoms with Gasteiger partial charge in [-0.15, -0.1) is 0 Å². The Labute approximate surface area is 148 Å². The van der Waals surface area contributed by atoms with E-state index in [1.807, 2.05) is 31.9 Å². The lowest BCUT2D eigenvalue weighted by atomic mass is 10.1. The lowest BCUT2D eigenvalue weighted by Gasteiger charge is -2.22. The van der Waals surface area contributed by atoms with Crippen molar-refractivity contribution >= 4 is 10.0 Å². The van der Waals surface area contributed by atoms with Crippen molar-refractivity contribution in [2.75, 3.05) is 20.6 Å². The number of aryl methyl sites for hydroxylation is 3. The maximum Gasteiger partial charge on any atom is 0.249 e. The molecule has 1 aliphatic rings. The fraction of sp³-hybridized carbons (Fsp3) is 0.625. The molecule has 3 rings (SSSR count). The Morgan fingerprint density at radius 3 is 2.68 bits per heavy atom. The van der Waals surface area contributed by atoms with E-state index in [1.54, 1.807) is 18.2 Å². The van der Waals surface area contributed by atoms with Crippen LogP contribution in [0.25, 0.3) is 0 Å². The molecule has 1 fully saturated rings. The van der Waals surface area contributed by atoms with Crippen molar-refractivity contribution in [2.45, 2.75) is 44.2 Å². The minimum Gasteiger partial charge on any atom is -0.360 e. The summed E-state index contributed by atoms with van der Waals surface area (Å²) in [5, 5.41) is 8.38. The van der Waals surface area contributed by atoms with Gasteiger partial charge in [0.2, 0.25) is 10.0 Å². The quantitative estimate of drug-likeness (QED) is 0.798. The fourth-order valence-electron chi connectivity index (χ4n) is 3.45. The van der Waals surface area contributed by atoms with Crippen molar-refractivity contribution in [3.05, 3.63) is 28.9 Å². The molecule has 1 saturated heterocycles. The van der Waals surface area contributed by atoms with E-state index in [0.29, 0.717) is 18.0 Å². The van der Waals surface area contributed by atoms with Crippen LogP contribution in [0.3, 0.4) is 0 Å². The molecular weight excluding hydrogens is 342 g/mol. The number of hydrogen-bond donors (Lipinski definition) is 0. The topological polar surface area (TPSA) is 84.5 Å². The molecule has 0 aromatic carbocycles. The van der Waals surface area contributed by atoms with Crippen LogP contribution in [0.4, 0.5) is 0 Å². The van der Waals surface area contributed by atoms with Crippen LogP contribution in [0.1, 0.15) is 41.7 Å². The lowest BCUT2D eigenvalue weighted by Crippen LogP contribution is -2.31. The van der Waals surface area contributed by atoms with Gasteiger partial charge in [-0.25, -0.2) is 8.42 Å². The largest absolute Gasteiger partial charge is 0.360 e. The monoisotopic (exact) mass is 367 g/mol. The van der Waals surface area contributed by atoms with Crippen LogP contribution in [0.5, 0.6) is 0 Å². The van der Waals surface area contributed by atoms with Crippen molar-refractivity contribution < 1.29 is 12.9 Å². The third-order valence-electron chi connectivity index (χ3n) is 4.55. The first-order valence-electron chi connectivity index (χ1n) is 8.34. The molecular formula is C16H25N5O3S. The fourth-order valence-corrected chi connectivity index (χ4v) is 5.41. The molecule has 0 saturated carbocycles. The van der Waals surface area contributed by atoms with E-state index in [2.05, 4.69) is 15.2 Å². The van der Waals surface area contributed by atoms with Crippen LogP contribution >= 0.6 is 0 Å². The van der Waals surface area contributed by atoms with Gasteiger partial charge in [-0.05, 0) is 46.9 Å². The molecule has 0 amide bonds. The van der Waals surface area contributed by atoms with Crippen LogP contribution in [-0.2, 0) is 23.6 Å². The van der Waals surface area contributed by atoms with Crippen molar-refractivity contribution in [1.82, 2.24) is 24.1 Å². The summed E-state index contributed by atoms with van der Waals surface area (Å²) in [5.41, 5.74) is 2.26. The third kappa shape index (κ3) is 3.23. The van der Waals surface area contributed by atoms with Crippen LogP contribution in [0.2, 0.25) is 0 Å². The molecule has 3 heterocycles. The highest BCUT2D eigenvalue weighted by Gasteiger charge is 2.40. The van der Waals surface area contributed by atoms with Gasteiger partial charge in [0.25, 0.3) is 0 Å². The summed E-state index contributed by atoms with van der Waals surface area (Å²) >= 11 is 0. The molecule has 0 aliphatic carbocycles. The summed E-state index contributed by atoms with van der Waals surface area (Å²) in [5.74, 6) is 0.331. The Hall–Kier alpha value is -1.71. The smallest absolute Gasteiger partial charge is 0.249 e. The average molecular weight is 367 g/mol. The van der Waals surface area contributed by atoms with Gasteiger partial charge >= 0.3 is 0 Å². The molecule has 138 valence electrons. The first-order chi connectivity index (χ1) is 11.7. The van der Waals surface area contributed by atoms with Gasteiger partial charge in [0.1, 0.15) is 10.6 Å². The minimum atomic E-state index is -3.66. The van der Waals surface area contributed by atoms with Gasteiger partial charge in [-0.1, -0.05) is 5.16 Å². The summed E-state index contributed by atoms with van der Waals surface area (Å²) in [6.45, 7) is 4.53. The Morgan fingerprint density at radius 1 is 1.36 bits per heavy atom. The zero-order valence-electron chi connectivity index (χ0n) is 15.4. The maximum absolute atomic E-state index is 13.2. The van der Waals surface area contributed by atoms with E-state index < -0.39 is 10.0 Å².